The Kier molecular flexibility index (Phi) is 5.80. The monoisotopic (exact) mass is 331 g/mol. The highest BCUT2D eigenvalue weighted by Gasteiger charge is 2.18. The van der Waals surface area contributed by atoms with Crippen molar-refractivity contribution in [3.63, 3.8) is 0 Å². The van der Waals surface area contributed by atoms with Gasteiger partial charge in [-0.3, -0.25) is 0 Å². The number of nitrogens with one attached hydrogen (secondary N) is 1. The van der Waals surface area contributed by atoms with Crippen LogP contribution in [0.3, 0.4) is 0 Å². The molecule has 1 fully saturated rings. The van der Waals surface area contributed by atoms with Crippen molar-refractivity contribution < 1.29 is 4.74 Å². The minimum absolute atomic E-state index is 0.390. The average molecular weight is 333 g/mol. The SMILES string of the molecule is ClC1CCC(NCCOc2cccc(Br)c2)CC1. The van der Waals surface area contributed by atoms with Crippen LogP contribution in [0.4, 0.5) is 0 Å². The lowest BCUT2D eigenvalue weighted by atomic mass is 9.95. The maximum atomic E-state index is 6.08. The average Bonchev–Trinajstić information content (AvgIpc) is 2.37. The van der Waals surface area contributed by atoms with E-state index in [0.717, 1.165) is 29.6 Å². The summed E-state index contributed by atoms with van der Waals surface area (Å²) < 4.78 is 6.73. The zero-order chi connectivity index (χ0) is 12.8. The zero-order valence-electron chi connectivity index (χ0n) is 10.4. The van der Waals surface area contributed by atoms with Crippen molar-refractivity contribution in [1.82, 2.24) is 5.32 Å². The molecule has 1 saturated carbocycles. The Balaban J connectivity index is 1.61. The minimum atomic E-state index is 0.390. The maximum absolute atomic E-state index is 6.08. The first kappa shape index (κ1) is 14.2. The Labute approximate surface area is 122 Å². The van der Waals surface area contributed by atoms with Crippen molar-refractivity contribution in [2.45, 2.75) is 37.1 Å². The summed E-state index contributed by atoms with van der Waals surface area (Å²) in [6, 6.07) is 8.55. The van der Waals surface area contributed by atoms with E-state index >= 15 is 0 Å². The molecule has 18 heavy (non-hydrogen) atoms. The van der Waals surface area contributed by atoms with Gasteiger partial charge in [0, 0.05) is 22.4 Å². The third-order valence-electron chi connectivity index (χ3n) is 3.26. The fourth-order valence-electron chi connectivity index (χ4n) is 2.25. The van der Waals surface area contributed by atoms with Gasteiger partial charge in [0.25, 0.3) is 0 Å². The molecule has 1 aliphatic carbocycles. The lowest BCUT2D eigenvalue weighted by molar-refractivity contribution is 0.290. The summed E-state index contributed by atoms with van der Waals surface area (Å²) >= 11 is 9.51. The van der Waals surface area contributed by atoms with Gasteiger partial charge in [0.05, 0.1) is 0 Å². The summed E-state index contributed by atoms with van der Waals surface area (Å²) in [7, 11) is 0. The molecule has 0 unspecified atom stereocenters. The molecule has 0 atom stereocenters. The van der Waals surface area contributed by atoms with Crippen molar-refractivity contribution in [1.29, 1.82) is 0 Å². The number of ether oxygens (including phenoxy) is 1. The molecule has 0 bridgehead atoms. The van der Waals surface area contributed by atoms with E-state index in [1.54, 1.807) is 0 Å². The van der Waals surface area contributed by atoms with E-state index < -0.39 is 0 Å². The van der Waals surface area contributed by atoms with E-state index in [1.807, 2.05) is 24.3 Å². The first-order chi connectivity index (χ1) is 8.74. The molecule has 0 amide bonds. The molecule has 2 nitrogen and oxygen atoms in total. The molecule has 0 spiro atoms. The van der Waals surface area contributed by atoms with Crippen LogP contribution < -0.4 is 10.1 Å². The van der Waals surface area contributed by atoms with E-state index in [9.17, 15) is 0 Å². The number of alkyl halides is 1. The van der Waals surface area contributed by atoms with Gasteiger partial charge >= 0.3 is 0 Å². The van der Waals surface area contributed by atoms with Gasteiger partial charge in [0.1, 0.15) is 12.4 Å². The number of halogens is 2. The summed E-state index contributed by atoms with van der Waals surface area (Å²) in [5.74, 6) is 0.913. The summed E-state index contributed by atoms with van der Waals surface area (Å²) in [6.45, 7) is 1.60. The Morgan fingerprint density at radius 1 is 1.28 bits per heavy atom. The van der Waals surface area contributed by atoms with E-state index in [-0.39, 0.29) is 0 Å². The van der Waals surface area contributed by atoms with Gasteiger partial charge in [0.2, 0.25) is 0 Å². The van der Waals surface area contributed by atoms with Crippen LogP contribution in [0.2, 0.25) is 0 Å². The van der Waals surface area contributed by atoms with Crippen LogP contribution in [0.1, 0.15) is 25.7 Å². The Bertz CT molecular complexity index is 367. The molecule has 100 valence electrons. The molecule has 1 aromatic carbocycles. The summed E-state index contributed by atoms with van der Waals surface area (Å²) in [4.78, 5) is 0. The summed E-state index contributed by atoms with van der Waals surface area (Å²) in [6.07, 6.45) is 4.63. The highest BCUT2D eigenvalue weighted by atomic mass is 79.9. The lowest BCUT2D eigenvalue weighted by Gasteiger charge is -2.25. The van der Waals surface area contributed by atoms with Crippen LogP contribution in [-0.2, 0) is 0 Å². The topological polar surface area (TPSA) is 21.3 Å². The second kappa shape index (κ2) is 7.37. The summed E-state index contributed by atoms with van der Waals surface area (Å²) in [5, 5.41) is 3.92. The van der Waals surface area contributed by atoms with Crippen LogP contribution in [0.15, 0.2) is 28.7 Å². The van der Waals surface area contributed by atoms with Crippen molar-refractivity contribution in [2.24, 2.45) is 0 Å². The Hall–Kier alpha value is -0.250. The summed E-state index contributed by atoms with van der Waals surface area (Å²) in [5.41, 5.74) is 0. The molecule has 0 heterocycles. The third-order valence-corrected chi connectivity index (χ3v) is 4.19. The lowest BCUT2D eigenvalue weighted by Crippen LogP contribution is -2.35. The van der Waals surface area contributed by atoms with E-state index in [0.29, 0.717) is 18.0 Å². The van der Waals surface area contributed by atoms with E-state index in [1.165, 1.54) is 12.8 Å². The number of hydrogen-bond acceptors (Lipinski definition) is 2. The molecule has 0 aromatic heterocycles. The largest absolute Gasteiger partial charge is 0.492 e. The van der Waals surface area contributed by atoms with Crippen LogP contribution in [-0.4, -0.2) is 24.6 Å². The number of hydrogen-bond donors (Lipinski definition) is 1. The normalized spacial score (nSPS) is 23.9. The van der Waals surface area contributed by atoms with Gasteiger partial charge in [-0.05, 0) is 43.9 Å². The van der Waals surface area contributed by atoms with Crippen LogP contribution in [0.25, 0.3) is 0 Å². The first-order valence-corrected chi connectivity index (χ1v) is 7.73. The molecule has 2 rings (SSSR count). The maximum Gasteiger partial charge on any atom is 0.120 e. The predicted octanol–water partition coefficient (Wildman–Crippen LogP) is 3.97. The van der Waals surface area contributed by atoms with Gasteiger partial charge < -0.3 is 10.1 Å². The highest BCUT2D eigenvalue weighted by molar-refractivity contribution is 9.10. The fraction of sp³-hybridized carbons (Fsp3) is 0.571. The van der Waals surface area contributed by atoms with Gasteiger partial charge in [-0.25, -0.2) is 0 Å². The number of rotatable bonds is 5. The van der Waals surface area contributed by atoms with Crippen LogP contribution in [0, 0.1) is 0 Å². The van der Waals surface area contributed by atoms with Crippen molar-refractivity contribution in [3.8, 4) is 5.75 Å². The highest BCUT2D eigenvalue weighted by Crippen LogP contribution is 2.22. The molecule has 4 heteroatoms. The zero-order valence-corrected chi connectivity index (χ0v) is 12.7. The molecular weight excluding hydrogens is 314 g/mol. The second-order valence-corrected chi connectivity index (χ2v) is 6.24. The molecule has 0 saturated heterocycles. The van der Waals surface area contributed by atoms with Crippen molar-refractivity contribution >= 4 is 27.5 Å². The molecule has 0 aliphatic heterocycles. The molecule has 0 radical (unpaired) electrons. The molecular formula is C14H19BrClNO. The molecule has 1 aliphatic rings. The van der Waals surface area contributed by atoms with Gasteiger partial charge in [0.15, 0.2) is 0 Å². The van der Waals surface area contributed by atoms with E-state index in [2.05, 4.69) is 21.2 Å². The van der Waals surface area contributed by atoms with Gasteiger partial charge in [-0.1, -0.05) is 22.0 Å². The van der Waals surface area contributed by atoms with E-state index in [4.69, 9.17) is 16.3 Å². The predicted molar refractivity (Wildman–Crippen MR) is 79.5 cm³/mol. The quantitative estimate of drug-likeness (QED) is 0.651. The Morgan fingerprint density at radius 3 is 2.78 bits per heavy atom. The van der Waals surface area contributed by atoms with Crippen molar-refractivity contribution in [2.75, 3.05) is 13.2 Å². The fourth-order valence-corrected chi connectivity index (χ4v) is 2.88. The molecule has 1 aromatic rings. The second-order valence-electron chi connectivity index (χ2n) is 4.71. The standard InChI is InChI=1S/C14H19BrClNO/c15-11-2-1-3-14(10-11)18-9-8-17-13-6-4-12(16)5-7-13/h1-3,10,12-13,17H,4-9H2. The number of benzene rings is 1. The van der Waals surface area contributed by atoms with Gasteiger partial charge in [-0.15, -0.1) is 11.6 Å². The van der Waals surface area contributed by atoms with Crippen LogP contribution in [0.5, 0.6) is 5.75 Å². The minimum Gasteiger partial charge on any atom is -0.492 e. The first-order valence-electron chi connectivity index (χ1n) is 6.50. The van der Waals surface area contributed by atoms with Crippen LogP contribution >= 0.6 is 27.5 Å². The Morgan fingerprint density at radius 2 is 2.06 bits per heavy atom. The van der Waals surface area contributed by atoms with Gasteiger partial charge in [-0.2, -0.15) is 0 Å². The molecule has 1 N–H and O–H groups in total. The smallest absolute Gasteiger partial charge is 0.120 e. The van der Waals surface area contributed by atoms with Crippen molar-refractivity contribution in [3.05, 3.63) is 28.7 Å². The third kappa shape index (κ3) is 4.79.